The molecule has 0 aliphatic rings. The number of esters is 1. The second-order valence-electron chi connectivity index (χ2n) is 5.92. The van der Waals surface area contributed by atoms with Crippen molar-refractivity contribution in [3.63, 3.8) is 0 Å². The monoisotopic (exact) mass is 470 g/mol. The summed E-state index contributed by atoms with van der Waals surface area (Å²) >= 11 is 5.69. The summed E-state index contributed by atoms with van der Waals surface area (Å²) in [6.45, 7) is 1.18. The molecule has 12 nitrogen and oxygen atoms in total. The molecule has 0 radical (unpaired) electrons. The molecule has 4 N–H and O–H groups in total. The third kappa shape index (κ3) is 5.90. The molecule has 0 bridgehead atoms. The van der Waals surface area contributed by atoms with Gasteiger partial charge < -0.3 is 10.5 Å². The van der Waals surface area contributed by atoms with Crippen LogP contribution >= 0.6 is 11.6 Å². The number of hydrogen-bond donors (Lipinski definition) is 3. The van der Waals surface area contributed by atoms with Gasteiger partial charge in [-0.25, -0.2) is 18.0 Å². The molecule has 0 saturated heterocycles. The van der Waals surface area contributed by atoms with Gasteiger partial charge in [0.1, 0.15) is 5.02 Å². The topological polar surface area (TPSA) is 188 Å². The van der Waals surface area contributed by atoms with Crippen molar-refractivity contribution >= 4 is 50.9 Å². The van der Waals surface area contributed by atoms with Crippen molar-refractivity contribution in [2.75, 3.05) is 4.72 Å². The third-order valence-electron chi connectivity index (χ3n) is 3.72. The van der Waals surface area contributed by atoms with E-state index in [1.54, 1.807) is 5.32 Å². The molecule has 3 amide bonds. The molecule has 0 aromatic heterocycles. The number of nitrogens with zero attached hydrogens (tertiary/aromatic N) is 1. The van der Waals surface area contributed by atoms with E-state index < -0.39 is 49.5 Å². The van der Waals surface area contributed by atoms with Gasteiger partial charge >= 0.3 is 12.0 Å². The van der Waals surface area contributed by atoms with E-state index in [9.17, 15) is 32.9 Å². The molecule has 0 saturated carbocycles. The Kier molecular flexibility index (Phi) is 7.15. The number of nitrogens with one attached hydrogen (secondary N) is 2. The number of nitrogens with two attached hydrogens (primary N) is 1. The molecule has 0 spiro atoms. The number of hydrogen-bond acceptors (Lipinski definition) is 8. The van der Waals surface area contributed by atoms with Gasteiger partial charge in [0.25, 0.3) is 21.6 Å². The van der Waals surface area contributed by atoms with E-state index in [1.807, 2.05) is 0 Å². The van der Waals surface area contributed by atoms with E-state index >= 15 is 0 Å². The lowest BCUT2D eigenvalue weighted by Gasteiger charge is -2.15. The van der Waals surface area contributed by atoms with Crippen molar-refractivity contribution in [3.05, 3.63) is 63.2 Å². The first-order valence-electron chi connectivity index (χ1n) is 8.29. The predicted molar refractivity (Wildman–Crippen MR) is 108 cm³/mol. The molecule has 2 aromatic rings. The first-order valence-corrected chi connectivity index (χ1v) is 10.2. The summed E-state index contributed by atoms with van der Waals surface area (Å²) in [4.78, 5) is 44.5. The molecular formula is C17H15ClN4O8S. The smallest absolute Gasteiger partial charge is 0.341 e. The second-order valence-corrected chi connectivity index (χ2v) is 8.01. The van der Waals surface area contributed by atoms with E-state index in [1.165, 1.54) is 31.2 Å². The highest BCUT2D eigenvalue weighted by atomic mass is 35.5. The first-order chi connectivity index (χ1) is 14.4. The Hall–Kier alpha value is -3.71. The van der Waals surface area contributed by atoms with Gasteiger partial charge in [0.05, 0.1) is 21.1 Å². The van der Waals surface area contributed by atoms with Crippen molar-refractivity contribution in [2.24, 2.45) is 5.73 Å². The lowest BCUT2D eigenvalue weighted by Crippen LogP contribution is -2.42. The number of amides is 3. The minimum atomic E-state index is -4.36. The minimum Gasteiger partial charge on any atom is -0.449 e. The lowest BCUT2D eigenvalue weighted by molar-refractivity contribution is -0.384. The van der Waals surface area contributed by atoms with Crippen LogP contribution in [-0.4, -0.2) is 37.4 Å². The molecule has 1 unspecified atom stereocenters. The SMILES string of the molecule is CC(OC(=O)c1ccccc1NS(=O)(=O)c1ccc(Cl)c([N+](=O)[O-])c1)C(=O)NC(N)=O. The number of carbonyl (C=O) groups is 3. The number of urea groups is 1. The first kappa shape index (κ1) is 23.6. The Balaban J connectivity index is 2.30. The van der Waals surface area contributed by atoms with Crippen LogP contribution in [0, 0.1) is 10.1 Å². The van der Waals surface area contributed by atoms with Crippen LogP contribution in [0.4, 0.5) is 16.2 Å². The zero-order valence-electron chi connectivity index (χ0n) is 15.7. The van der Waals surface area contributed by atoms with Crippen molar-refractivity contribution in [1.82, 2.24) is 5.32 Å². The number of nitro groups is 1. The summed E-state index contributed by atoms with van der Waals surface area (Å²) in [5, 5.41) is 12.5. The number of sulfonamides is 1. The Morgan fingerprint density at radius 1 is 1.19 bits per heavy atom. The number of rotatable bonds is 7. The average Bonchev–Trinajstić information content (AvgIpc) is 2.67. The van der Waals surface area contributed by atoms with Gasteiger partial charge in [-0.05, 0) is 31.2 Å². The molecule has 2 rings (SSSR count). The fraction of sp³-hybridized carbons (Fsp3) is 0.118. The maximum absolute atomic E-state index is 12.7. The molecule has 1 atom stereocenters. The highest BCUT2D eigenvalue weighted by Crippen LogP contribution is 2.28. The Labute approximate surface area is 180 Å². The molecule has 0 aliphatic carbocycles. The number of halogens is 1. The molecule has 164 valence electrons. The van der Waals surface area contributed by atoms with Crippen LogP contribution in [0.25, 0.3) is 0 Å². The number of ether oxygens (including phenoxy) is 1. The van der Waals surface area contributed by atoms with Crippen LogP contribution in [0.5, 0.6) is 0 Å². The van der Waals surface area contributed by atoms with Gasteiger partial charge in [0.15, 0.2) is 6.10 Å². The predicted octanol–water partition coefficient (Wildman–Crippen LogP) is 1.79. The van der Waals surface area contributed by atoms with Crippen LogP contribution < -0.4 is 15.8 Å². The maximum Gasteiger partial charge on any atom is 0.341 e. The molecule has 14 heteroatoms. The summed E-state index contributed by atoms with van der Waals surface area (Å²) in [6.07, 6.45) is -1.41. The average molecular weight is 471 g/mol. The van der Waals surface area contributed by atoms with Crippen LogP contribution in [-0.2, 0) is 19.6 Å². The van der Waals surface area contributed by atoms with Crippen LogP contribution in [0.3, 0.4) is 0 Å². The number of imide groups is 1. The van der Waals surface area contributed by atoms with E-state index in [0.717, 1.165) is 18.2 Å². The standard InChI is InChI=1S/C17H15ClN4O8S/c1-9(15(23)20-17(19)25)30-16(24)11-4-2-3-5-13(11)21-31(28,29)10-6-7-12(18)14(8-10)22(26)27/h2-9,21H,1H3,(H3,19,20,23,25). The number of carbonyl (C=O) groups excluding carboxylic acids is 3. The highest BCUT2D eigenvalue weighted by molar-refractivity contribution is 7.92. The zero-order chi connectivity index (χ0) is 23.3. The second kappa shape index (κ2) is 9.40. The van der Waals surface area contributed by atoms with Crippen molar-refractivity contribution in [2.45, 2.75) is 17.9 Å². The summed E-state index contributed by atoms with van der Waals surface area (Å²) in [7, 11) is -4.36. The Bertz CT molecular complexity index is 1170. The zero-order valence-corrected chi connectivity index (χ0v) is 17.3. The normalized spacial score (nSPS) is 11.8. The van der Waals surface area contributed by atoms with Gasteiger partial charge in [0, 0.05) is 6.07 Å². The van der Waals surface area contributed by atoms with Crippen molar-refractivity contribution in [3.8, 4) is 0 Å². The number of para-hydroxylation sites is 1. The van der Waals surface area contributed by atoms with Gasteiger partial charge in [-0.1, -0.05) is 23.7 Å². The van der Waals surface area contributed by atoms with E-state index in [4.69, 9.17) is 22.1 Å². The van der Waals surface area contributed by atoms with E-state index in [0.29, 0.717) is 0 Å². The Morgan fingerprint density at radius 3 is 2.45 bits per heavy atom. The fourth-order valence-corrected chi connectivity index (χ4v) is 3.54. The lowest BCUT2D eigenvalue weighted by atomic mass is 10.2. The molecule has 0 aliphatic heterocycles. The fourth-order valence-electron chi connectivity index (χ4n) is 2.25. The third-order valence-corrected chi connectivity index (χ3v) is 5.40. The summed E-state index contributed by atoms with van der Waals surface area (Å²) < 4.78 is 32.4. The van der Waals surface area contributed by atoms with E-state index in [2.05, 4.69) is 4.72 Å². The van der Waals surface area contributed by atoms with Gasteiger partial charge in [0.2, 0.25) is 0 Å². The molecule has 0 heterocycles. The van der Waals surface area contributed by atoms with Gasteiger partial charge in [-0.3, -0.25) is 24.9 Å². The highest BCUT2D eigenvalue weighted by Gasteiger charge is 2.25. The molecule has 0 fully saturated rings. The van der Waals surface area contributed by atoms with Crippen LogP contribution in [0.15, 0.2) is 47.4 Å². The summed E-state index contributed by atoms with van der Waals surface area (Å²) in [6, 6.07) is 7.02. The largest absolute Gasteiger partial charge is 0.449 e. The van der Waals surface area contributed by atoms with Crippen molar-refractivity contribution < 1.29 is 32.5 Å². The molecular weight excluding hydrogens is 456 g/mol. The van der Waals surface area contributed by atoms with E-state index in [-0.39, 0.29) is 16.3 Å². The van der Waals surface area contributed by atoms with Gasteiger partial charge in [-0.2, -0.15) is 0 Å². The number of anilines is 1. The van der Waals surface area contributed by atoms with Crippen LogP contribution in [0.1, 0.15) is 17.3 Å². The maximum atomic E-state index is 12.7. The summed E-state index contributed by atoms with van der Waals surface area (Å²) in [5.74, 6) is -2.06. The molecule has 2 aromatic carbocycles. The number of primary amides is 1. The number of nitro benzene ring substituents is 1. The van der Waals surface area contributed by atoms with Crippen molar-refractivity contribution in [1.29, 1.82) is 0 Å². The number of benzene rings is 2. The minimum absolute atomic E-state index is 0.215. The van der Waals surface area contributed by atoms with Crippen LogP contribution in [0.2, 0.25) is 5.02 Å². The summed E-state index contributed by atoms with van der Waals surface area (Å²) in [5.41, 5.74) is 3.73. The molecule has 31 heavy (non-hydrogen) atoms. The quantitative estimate of drug-likeness (QED) is 0.310. The Morgan fingerprint density at radius 2 is 1.84 bits per heavy atom. The van der Waals surface area contributed by atoms with Gasteiger partial charge in [-0.15, -0.1) is 0 Å².